The maximum absolute atomic E-state index is 15.1. The number of carbonyl (C=O) groups excluding carboxylic acids is 3. The molecule has 9 nitrogen and oxygen atoms in total. The number of allylic oxidation sites excluding steroid dienone is 2. The van der Waals surface area contributed by atoms with E-state index in [4.69, 9.17) is 9.47 Å². The first-order chi connectivity index (χ1) is 16.9. The maximum Gasteiger partial charge on any atom is 0.414 e. The van der Waals surface area contributed by atoms with Crippen LogP contribution in [0.4, 0.5) is 14.0 Å². The maximum atomic E-state index is 15.1. The van der Waals surface area contributed by atoms with Crippen molar-refractivity contribution in [3.8, 4) is 0 Å². The van der Waals surface area contributed by atoms with Crippen molar-refractivity contribution in [2.75, 3.05) is 19.6 Å². The monoisotopic (exact) mass is 522 g/mol. The number of halogens is 1. The number of likely N-dealkylation sites (tertiary alicyclic amines) is 1. The lowest BCUT2D eigenvalue weighted by Crippen LogP contribution is -2.65. The van der Waals surface area contributed by atoms with Crippen LogP contribution in [-0.2, 0) is 14.3 Å². The van der Waals surface area contributed by atoms with E-state index in [9.17, 15) is 14.4 Å². The summed E-state index contributed by atoms with van der Waals surface area (Å²) in [6.45, 7) is 17.5. The van der Waals surface area contributed by atoms with E-state index in [-0.39, 0.29) is 18.9 Å². The summed E-state index contributed by atoms with van der Waals surface area (Å²) in [5.74, 6) is -1.18. The van der Waals surface area contributed by atoms with Gasteiger partial charge in [0.1, 0.15) is 22.6 Å². The van der Waals surface area contributed by atoms with E-state index in [0.717, 1.165) is 12.8 Å². The molecule has 0 aromatic carbocycles. The highest BCUT2D eigenvalue weighted by molar-refractivity contribution is 5.92. The minimum atomic E-state index is -1.07. The molecule has 0 aromatic heterocycles. The van der Waals surface area contributed by atoms with Crippen molar-refractivity contribution < 1.29 is 28.2 Å². The topological polar surface area (TPSA) is 100 Å². The van der Waals surface area contributed by atoms with Crippen molar-refractivity contribution in [3.05, 3.63) is 23.3 Å². The van der Waals surface area contributed by atoms with Crippen LogP contribution in [0.25, 0.3) is 0 Å². The molecule has 0 spiro atoms. The summed E-state index contributed by atoms with van der Waals surface area (Å²) in [6.07, 6.45) is 1.70. The first-order valence-electron chi connectivity index (χ1n) is 13.1. The van der Waals surface area contributed by atoms with Gasteiger partial charge in [-0.05, 0) is 87.8 Å². The number of alkyl carbamates (subject to hydrolysis) is 1. The van der Waals surface area contributed by atoms with Gasteiger partial charge in [0.15, 0.2) is 0 Å². The van der Waals surface area contributed by atoms with Crippen LogP contribution < -0.4 is 10.6 Å². The van der Waals surface area contributed by atoms with Crippen LogP contribution in [0.3, 0.4) is 0 Å². The summed E-state index contributed by atoms with van der Waals surface area (Å²) in [7, 11) is 0. The molecular formula is C27H43FN4O5. The molecule has 0 saturated carbocycles. The predicted molar refractivity (Wildman–Crippen MR) is 138 cm³/mol. The summed E-state index contributed by atoms with van der Waals surface area (Å²) >= 11 is 0. The van der Waals surface area contributed by atoms with Crippen LogP contribution in [-0.4, -0.2) is 69.8 Å². The quantitative estimate of drug-likeness (QED) is 0.560. The molecular weight excluding hydrogens is 479 g/mol. The molecule has 1 aliphatic carbocycles. The molecule has 2 N–H and O–H groups in total. The second-order valence-electron chi connectivity index (χ2n) is 12.7. The van der Waals surface area contributed by atoms with Crippen molar-refractivity contribution >= 4 is 18.1 Å². The molecule has 2 fully saturated rings. The van der Waals surface area contributed by atoms with E-state index in [2.05, 4.69) is 10.6 Å². The third-order valence-corrected chi connectivity index (χ3v) is 7.08. The van der Waals surface area contributed by atoms with E-state index >= 15 is 4.39 Å². The van der Waals surface area contributed by atoms with Crippen molar-refractivity contribution in [1.82, 2.24) is 20.4 Å². The average molecular weight is 523 g/mol. The molecule has 3 aliphatic rings. The number of fused-ring (bicyclic) bond motifs is 1. The summed E-state index contributed by atoms with van der Waals surface area (Å²) in [6, 6.07) is 0. The minimum absolute atomic E-state index is 0.0344. The minimum Gasteiger partial charge on any atom is -0.444 e. The fourth-order valence-corrected chi connectivity index (χ4v) is 5.39. The smallest absolute Gasteiger partial charge is 0.414 e. The third kappa shape index (κ3) is 6.27. The summed E-state index contributed by atoms with van der Waals surface area (Å²) in [4.78, 5) is 42.5. The molecule has 2 saturated heterocycles. The molecule has 37 heavy (non-hydrogen) atoms. The number of ether oxygens (including phenoxy) is 2. The second kappa shape index (κ2) is 9.93. The van der Waals surface area contributed by atoms with Gasteiger partial charge in [-0.3, -0.25) is 14.6 Å². The lowest BCUT2D eigenvalue weighted by Gasteiger charge is -2.48. The largest absolute Gasteiger partial charge is 0.444 e. The number of piperidine rings is 1. The van der Waals surface area contributed by atoms with Crippen LogP contribution >= 0.6 is 0 Å². The molecule has 3 rings (SSSR count). The molecule has 2 heterocycles. The fraction of sp³-hybridized carbons (Fsp3) is 0.741. The summed E-state index contributed by atoms with van der Waals surface area (Å²) < 4.78 is 26.1. The fourth-order valence-electron chi connectivity index (χ4n) is 5.39. The van der Waals surface area contributed by atoms with Gasteiger partial charge in [-0.25, -0.2) is 14.0 Å². The van der Waals surface area contributed by atoms with E-state index in [1.807, 2.05) is 18.7 Å². The molecule has 10 heteroatoms. The third-order valence-electron chi connectivity index (χ3n) is 7.08. The Morgan fingerprint density at radius 3 is 2.38 bits per heavy atom. The zero-order valence-electron chi connectivity index (χ0n) is 23.7. The molecule has 2 unspecified atom stereocenters. The van der Waals surface area contributed by atoms with Crippen LogP contribution in [0.15, 0.2) is 23.3 Å². The summed E-state index contributed by atoms with van der Waals surface area (Å²) in [5.41, 5.74) is -2.22. The van der Waals surface area contributed by atoms with E-state index in [0.29, 0.717) is 24.5 Å². The number of carbonyl (C=O) groups is 3. The van der Waals surface area contributed by atoms with Gasteiger partial charge in [0.2, 0.25) is 5.91 Å². The van der Waals surface area contributed by atoms with Crippen LogP contribution in [0.1, 0.15) is 81.6 Å². The number of nitrogens with zero attached hydrogens (tertiary/aromatic N) is 2. The molecule has 208 valence electrons. The Kier molecular flexibility index (Phi) is 7.76. The van der Waals surface area contributed by atoms with Gasteiger partial charge in [-0.1, -0.05) is 0 Å². The Labute approximate surface area is 219 Å². The average Bonchev–Trinajstić information content (AvgIpc) is 2.97. The number of hydrogen-bond donors (Lipinski definition) is 2. The molecule has 0 aromatic rings. The van der Waals surface area contributed by atoms with Crippen molar-refractivity contribution in [2.24, 2.45) is 5.92 Å². The van der Waals surface area contributed by atoms with E-state index in [1.54, 1.807) is 48.5 Å². The molecule has 3 amide bonds. The van der Waals surface area contributed by atoms with Crippen molar-refractivity contribution in [2.45, 2.75) is 104 Å². The second-order valence-corrected chi connectivity index (χ2v) is 12.7. The summed E-state index contributed by atoms with van der Waals surface area (Å²) in [5, 5.41) is 5.96. The van der Waals surface area contributed by atoms with Gasteiger partial charge in [-0.15, -0.1) is 0 Å². The first-order valence-corrected chi connectivity index (χ1v) is 13.1. The van der Waals surface area contributed by atoms with Crippen LogP contribution in [0.2, 0.25) is 0 Å². The van der Waals surface area contributed by atoms with E-state index in [1.165, 1.54) is 11.0 Å². The highest BCUT2D eigenvalue weighted by atomic mass is 19.1. The standard InChI is InChI=1S/C27H43FN4O5/c1-10-32(23(35)37-25(5,6)7)19-15-17(28)14-18-20(19)29-21(33)27(18,9)31-13-11-12-26(8,16-31)30-22(34)36-24(2,3)4/h15,18H,10-14,16H2,1-9H3,(H,29,33)(H,30,34)/t18?,26-,27?/m1/s1. The number of likely N-dealkylation sites (N-methyl/N-ethyl adjacent to an activating group) is 1. The molecule has 0 bridgehead atoms. The molecule has 2 aliphatic heterocycles. The van der Waals surface area contributed by atoms with Gasteiger partial charge in [0.25, 0.3) is 0 Å². The Bertz CT molecular complexity index is 1010. The van der Waals surface area contributed by atoms with Gasteiger partial charge in [-0.2, -0.15) is 0 Å². The van der Waals surface area contributed by atoms with E-state index < -0.39 is 46.2 Å². The predicted octanol–water partition coefficient (Wildman–Crippen LogP) is 4.60. The van der Waals surface area contributed by atoms with Gasteiger partial charge in [0, 0.05) is 31.1 Å². The van der Waals surface area contributed by atoms with Gasteiger partial charge in [0.05, 0.1) is 11.2 Å². The zero-order valence-corrected chi connectivity index (χ0v) is 23.7. The molecule has 3 atom stereocenters. The van der Waals surface area contributed by atoms with Crippen molar-refractivity contribution in [1.29, 1.82) is 0 Å². The SMILES string of the molecule is CCN(C(=O)OC(C)(C)C)C1=C2NC(=O)C(C)(N3CCC[C@@](C)(NC(=O)OC(C)(C)C)C3)C2CC(F)=C1. The van der Waals surface area contributed by atoms with Crippen LogP contribution in [0, 0.1) is 5.92 Å². The molecule has 0 radical (unpaired) electrons. The number of rotatable bonds is 4. The number of amides is 3. The lowest BCUT2D eigenvalue weighted by atomic mass is 9.77. The number of nitrogens with one attached hydrogen (secondary N) is 2. The Hall–Kier alpha value is -2.62. The number of hydrogen-bond acceptors (Lipinski definition) is 6. The first kappa shape index (κ1) is 28.9. The van der Waals surface area contributed by atoms with Gasteiger partial charge < -0.3 is 20.1 Å². The lowest BCUT2D eigenvalue weighted by molar-refractivity contribution is -0.132. The Balaban J connectivity index is 1.91. The highest BCUT2D eigenvalue weighted by Crippen LogP contribution is 2.46. The van der Waals surface area contributed by atoms with Crippen molar-refractivity contribution in [3.63, 3.8) is 0 Å². The highest BCUT2D eigenvalue weighted by Gasteiger charge is 2.57. The van der Waals surface area contributed by atoms with Gasteiger partial charge >= 0.3 is 12.2 Å². The Morgan fingerprint density at radius 2 is 1.81 bits per heavy atom. The normalized spacial score (nSPS) is 28.8. The zero-order chi connectivity index (χ0) is 28.0. The Morgan fingerprint density at radius 1 is 1.19 bits per heavy atom. The van der Waals surface area contributed by atoms with Crippen LogP contribution in [0.5, 0.6) is 0 Å².